The van der Waals surface area contributed by atoms with Crippen LogP contribution >= 0.6 is 22.9 Å². The summed E-state index contributed by atoms with van der Waals surface area (Å²) in [5, 5.41) is 14.0. The van der Waals surface area contributed by atoms with Crippen molar-refractivity contribution in [1.29, 1.82) is 0 Å². The van der Waals surface area contributed by atoms with Gasteiger partial charge >= 0.3 is 0 Å². The van der Waals surface area contributed by atoms with Crippen molar-refractivity contribution < 1.29 is 19.1 Å². The Labute approximate surface area is 198 Å². The monoisotopic (exact) mass is 488 g/mol. The van der Waals surface area contributed by atoms with Crippen LogP contribution in [0.2, 0.25) is 5.15 Å². The number of hydrogen-bond donors (Lipinski definition) is 2. The van der Waals surface area contributed by atoms with Crippen LogP contribution in [-0.4, -0.2) is 58.3 Å². The Balaban J connectivity index is 1.54. The van der Waals surface area contributed by atoms with Gasteiger partial charge in [0.05, 0.1) is 31.5 Å². The van der Waals surface area contributed by atoms with Crippen LogP contribution in [0.15, 0.2) is 24.5 Å². The van der Waals surface area contributed by atoms with Crippen molar-refractivity contribution >= 4 is 39.9 Å². The fourth-order valence-corrected chi connectivity index (χ4v) is 4.19. The molecule has 1 saturated heterocycles. The predicted octanol–water partition coefficient (Wildman–Crippen LogP) is 3.13. The molecule has 1 fully saturated rings. The molecular weight excluding hydrogens is 468 g/mol. The summed E-state index contributed by atoms with van der Waals surface area (Å²) < 4.78 is 10.8. The molecule has 1 aliphatic rings. The van der Waals surface area contributed by atoms with Crippen molar-refractivity contribution in [3.8, 4) is 16.9 Å². The van der Waals surface area contributed by atoms with Gasteiger partial charge in [0.15, 0.2) is 0 Å². The van der Waals surface area contributed by atoms with Gasteiger partial charge in [-0.25, -0.2) is 4.98 Å². The van der Waals surface area contributed by atoms with Gasteiger partial charge in [0.25, 0.3) is 11.8 Å². The molecule has 4 heterocycles. The van der Waals surface area contributed by atoms with E-state index in [0.29, 0.717) is 35.8 Å². The smallest absolute Gasteiger partial charge is 0.282 e. The molecule has 3 aromatic heterocycles. The van der Waals surface area contributed by atoms with Gasteiger partial charge in [-0.1, -0.05) is 22.9 Å². The molecule has 0 spiro atoms. The van der Waals surface area contributed by atoms with Crippen LogP contribution in [0.5, 0.6) is 5.75 Å². The summed E-state index contributed by atoms with van der Waals surface area (Å²) in [6.07, 6.45) is 4.69. The molecule has 1 aliphatic heterocycles. The minimum absolute atomic E-state index is 0.0588. The van der Waals surface area contributed by atoms with Crippen LogP contribution < -0.4 is 15.4 Å². The van der Waals surface area contributed by atoms with Crippen molar-refractivity contribution in [3.05, 3.63) is 45.9 Å². The average Bonchev–Trinajstić information content (AvgIpc) is 3.28. The second-order valence-corrected chi connectivity index (χ2v) is 8.70. The zero-order valence-corrected chi connectivity index (χ0v) is 19.5. The summed E-state index contributed by atoms with van der Waals surface area (Å²) in [5.41, 5.74) is 2.15. The van der Waals surface area contributed by atoms with Crippen molar-refractivity contribution in [1.82, 2.24) is 25.5 Å². The van der Waals surface area contributed by atoms with Gasteiger partial charge in [-0.3, -0.25) is 19.9 Å². The Morgan fingerprint density at radius 2 is 2.03 bits per heavy atom. The maximum absolute atomic E-state index is 13.1. The molecule has 0 aliphatic carbocycles. The summed E-state index contributed by atoms with van der Waals surface area (Å²) in [4.78, 5) is 33.8. The number of ether oxygens (including phenoxy) is 2. The Morgan fingerprint density at radius 1 is 1.18 bits per heavy atom. The van der Waals surface area contributed by atoms with Gasteiger partial charge in [-0.2, -0.15) is 0 Å². The summed E-state index contributed by atoms with van der Waals surface area (Å²) in [6, 6.07) is 3.32. The highest BCUT2D eigenvalue weighted by molar-refractivity contribution is 7.17. The summed E-state index contributed by atoms with van der Waals surface area (Å²) in [5.74, 6) is -0.353. The highest BCUT2D eigenvalue weighted by Gasteiger charge is 2.22. The van der Waals surface area contributed by atoms with E-state index in [1.165, 1.54) is 19.5 Å². The number of nitrogens with zero attached hydrogens (tertiary/aromatic N) is 4. The Kier molecular flexibility index (Phi) is 7.11. The van der Waals surface area contributed by atoms with Crippen LogP contribution in [0.3, 0.4) is 0 Å². The maximum Gasteiger partial charge on any atom is 0.282 e. The van der Waals surface area contributed by atoms with Gasteiger partial charge in [0, 0.05) is 29.6 Å². The third kappa shape index (κ3) is 5.44. The fourth-order valence-electron chi connectivity index (χ4n) is 3.39. The highest BCUT2D eigenvalue weighted by Crippen LogP contribution is 2.34. The number of aromatic nitrogens is 4. The molecule has 0 unspecified atom stereocenters. The van der Waals surface area contributed by atoms with Gasteiger partial charge in [-0.15, -0.1) is 10.2 Å². The molecule has 33 heavy (non-hydrogen) atoms. The summed E-state index contributed by atoms with van der Waals surface area (Å²) in [7, 11) is 1.51. The number of hydrogen-bond acceptors (Lipinski definition) is 9. The van der Waals surface area contributed by atoms with E-state index in [0.717, 1.165) is 24.2 Å². The van der Waals surface area contributed by atoms with Gasteiger partial charge in [0.1, 0.15) is 10.9 Å². The molecule has 10 nitrogen and oxygen atoms in total. The minimum Gasteiger partial charge on any atom is -0.494 e. The molecule has 3 aromatic rings. The third-order valence-corrected chi connectivity index (χ3v) is 6.01. The first-order valence-electron chi connectivity index (χ1n) is 10.1. The van der Waals surface area contributed by atoms with Crippen LogP contribution in [0.4, 0.5) is 5.13 Å². The van der Waals surface area contributed by atoms with Crippen LogP contribution in [-0.2, 0) is 4.74 Å². The largest absolute Gasteiger partial charge is 0.494 e. The Hall–Kier alpha value is -3.15. The number of aryl methyl sites for hydroxylation is 1. The van der Waals surface area contributed by atoms with Crippen molar-refractivity contribution in [2.45, 2.75) is 25.8 Å². The lowest BCUT2D eigenvalue weighted by atomic mass is 10.0. The van der Waals surface area contributed by atoms with E-state index in [1.807, 2.05) is 6.92 Å². The van der Waals surface area contributed by atoms with E-state index in [4.69, 9.17) is 21.1 Å². The number of carbonyl (C=O) groups excluding carboxylic acids is 2. The van der Waals surface area contributed by atoms with Gasteiger partial charge < -0.3 is 14.8 Å². The lowest BCUT2D eigenvalue weighted by Crippen LogP contribution is -2.40. The molecule has 0 radical (unpaired) electrons. The van der Waals surface area contributed by atoms with E-state index < -0.39 is 5.91 Å². The van der Waals surface area contributed by atoms with E-state index in [1.54, 1.807) is 12.1 Å². The molecule has 2 amide bonds. The zero-order valence-electron chi connectivity index (χ0n) is 17.9. The number of rotatable bonds is 6. The standard InChI is InChI=1S/C21H21ClN6O4S/c1-11-6-13(14-7-17(22)24-9-16(14)31-2)15(8-23-11)18(29)26-21-28-27-20(33-21)19(30)25-12-4-3-5-32-10-12/h6-9,12H,3-5,10H2,1-2H3,(H,25,30)(H,26,28,29)/t12-/m1/s1. The first-order valence-corrected chi connectivity index (χ1v) is 11.3. The first-order chi connectivity index (χ1) is 15.9. The molecule has 1 atom stereocenters. The second kappa shape index (κ2) is 10.2. The van der Waals surface area contributed by atoms with Crippen molar-refractivity contribution in [2.75, 3.05) is 25.6 Å². The quantitative estimate of drug-likeness (QED) is 0.506. The van der Waals surface area contributed by atoms with E-state index in [2.05, 4.69) is 30.8 Å². The fraction of sp³-hybridized carbons (Fsp3) is 0.333. The number of pyridine rings is 2. The normalized spacial score (nSPS) is 15.7. The van der Waals surface area contributed by atoms with Crippen LogP contribution in [0.1, 0.15) is 38.7 Å². The second-order valence-electron chi connectivity index (χ2n) is 7.33. The number of nitrogens with one attached hydrogen (secondary N) is 2. The van der Waals surface area contributed by atoms with Crippen molar-refractivity contribution in [2.24, 2.45) is 0 Å². The lowest BCUT2D eigenvalue weighted by Gasteiger charge is -2.22. The number of halogens is 1. The summed E-state index contributed by atoms with van der Waals surface area (Å²) >= 11 is 7.07. The molecule has 0 bridgehead atoms. The molecule has 0 aromatic carbocycles. The molecule has 4 rings (SSSR count). The SMILES string of the molecule is COc1cnc(Cl)cc1-c1cc(C)ncc1C(=O)Nc1nnc(C(=O)N[C@@H]2CCCOC2)s1. The van der Waals surface area contributed by atoms with Gasteiger partial charge in [-0.05, 0) is 31.9 Å². The third-order valence-electron chi connectivity index (χ3n) is 4.96. The maximum atomic E-state index is 13.1. The highest BCUT2D eigenvalue weighted by atomic mass is 35.5. The van der Waals surface area contributed by atoms with Crippen molar-refractivity contribution in [3.63, 3.8) is 0 Å². The summed E-state index contributed by atoms with van der Waals surface area (Å²) in [6.45, 7) is 2.99. The van der Waals surface area contributed by atoms with Gasteiger partial charge in [0.2, 0.25) is 10.1 Å². The van der Waals surface area contributed by atoms with Crippen LogP contribution in [0.25, 0.3) is 11.1 Å². The number of amides is 2. The molecule has 172 valence electrons. The zero-order chi connectivity index (χ0) is 23.4. The Bertz CT molecular complexity index is 1180. The molecular formula is C21H21ClN6O4S. The van der Waals surface area contributed by atoms with Crippen LogP contribution in [0, 0.1) is 6.92 Å². The van der Waals surface area contributed by atoms with E-state index in [9.17, 15) is 9.59 Å². The topological polar surface area (TPSA) is 128 Å². The number of anilines is 1. The minimum atomic E-state index is -0.462. The van der Waals surface area contributed by atoms with E-state index in [-0.39, 0.29) is 32.8 Å². The number of carbonyl (C=O) groups is 2. The molecule has 2 N–H and O–H groups in total. The first kappa shape index (κ1) is 23.0. The Morgan fingerprint density at radius 3 is 2.79 bits per heavy atom. The van der Waals surface area contributed by atoms with E-state index >= 15 is 0 Å². The molecule has 0 saturated carbocycles. The molecule has 12 heteroatoms. The number of methoxy groups -OCH3 is 1. The average molecular weight is 489 g/mol. The predicted molar refractivity (Wildman–Crippen MR) is 123 cm³/mol. The lowest BCUT2D eigenvalue weighted by molar-refractivity contribution is 0.0623.